The lowest BCUT2D eigenvalue weighted by atomic mass is 10.1. The molecule has 2 rings (SSSR count). The zero-order chi connectivity index (χ0) is 24.8. The molecule has 0 fully saturated rings. The molecule has 0 saturated carbocycles. The van der Waals surface area contributed by atoms with Crippen molar-refractivity contribution in [3.8, 4) is 17.2 Å². The van der Waals surface area contributed by atoms with Gasteiger partial charge in [0, 0.05) is 24.4 Å². The number of rotatable bonds is 11. The van der Waals surface area contributed by atoms with Crippen LogP contribution in [0.3, 0.4) is 0 Å². The van der Waals surface area contributed by atoms with Crippen LogP contribution in [-0.2, 0) is 14.8 Å². The molecule has 8 nitrogen and oxygen atoms in total. The number of ether oxygens (including phenoxy) is 3. The van der Waals surface area contributed by atoms with Crippen molar-refractivity contribution in [2.45, 2.75) is 39.0 Å². The molecule has 182 valence electrons. The summed E-state index contributed by atoms with van der Waals surface area (Å²) in [6, 6.07) is 8.19. The number of methoxy groups -OCH3 is 3. The van der Waals surface area contributed by atoms with Crippen molar-refractivity contribution >= 4 is 21.6 Å². The van der Waals surface area contributed by atoms with Crippen LogP contribution in [0.15, 0.2) is 35.2 Å². The van der Waals surface area contributed by atoms with Gasteiger partial charge in [0.05, 0.1) is 32.8 Å². The summed E-state index contributed by atoms with van der Waals surface area (Å²) in [5, 5.41) is 2.74. The van der Waals surface area contributed by atoms with Gasteiger partial charge in [-0.3, -0.25) is 4.79 Å². The minimum atomic E-state index is -3.86. The smallest absolute Gasteiger partial charge is 0.243 e. The van der Waals surface area contributed by atoms with Gasteiger partial charge in [-0.25, -0.2) is 8.42 Å². The van der Waals surface area contributed by atoms with E-state index in [1.807, 2.05) is 27.7 Å². The number of carbonyl (C=O) groups excluding carboxylic acids is 1. The molecule has 1 N–H and O–H groups in total. The normalized spacial score (nSPS) is 11.5. The first kappa shape index (κ1) is 26.5. The van der Waals surface area contributed by atoms with E-state index < -0.39 is 15.9 Å². The monoisotopic (exact) mass is 478 g/mol. The van der Waals surface area contributed by atoms with Crippen LogP contribution in [0.4, 0.5) is 5.69 Å². The summed E-state index contributed by atoms with van der Waals surface area (Å²) in [4.78, 5) is 13.1. The van der Waals surface area contributed by atoms with Crippen LogP contribution in [0.2, 0.25) is 0 Å². The van der Waals surface area contributed by atoms with Gasteiger partial charge in [0.2, 0.25) is 21.7 Å². The molecular weight excluding hydrogens is 444 g/mol. The SMILES string of the molecule is COc1cc(NC(=O)CN(CCC(C)C)S(=O)(=O)c2ccc(C)c(C)c2)cc(OC)c1OC. The number of sulfonamides is 1. The Labute approximate surface area is 196 Å². The van der Waals surface area contributed by atoms with E-state index in [-0.39, 0.29) is 23.9 Å². The molecule has 0 aromatic heterocycles. The number of amides is 1. The van der Waals surface area contributed by atoms with Gasteiger partial charge in [-0.1, -0.05) is 19.9 Å². The Kier molecular flexibility index (Phi) is 9.13. The molecule has 0 saturated heterocycles. The maximum Gasteiger partial charge on any atom is 0.243 e. The van der Waals surface area contributed by atoms with Gasteiger partial charge < -0.3 is 19.5 Å². The van der Waals surface area contributed by atoms with Gasteiger partial charge in [-0.15, -0.1) is 0 Å². The third kappa shape index (κ3) is 6.61. The van der Waals surface area contributed by atoms with E-state index >= 15 is 0 Å². The molecule has 0 heterocycles. The van der Waals surface area contributed by atoms with E-state index in [0.717, 1.165) is 11.1 Å². The van der Waals surface area contributed by atoms with E-state index in [4.69, 9.17) is 14.2 Å². The van der Waals surface area contributed by atoms with Gasteiger partial charge in [0.25, 0.3) is 0 Å². The number of aryl methyl sites for hydroxylation is 2. The van der Waals surface area contributed by atoms with Crippen LogP contribution in [0.5, 0.6) is 17.2 Å². The molecule has 33 heavy (non-hydrogen) atoms. The molecule has 0 radical (unpaired) electrons. The highest BCUT2D eigenvalue weighted by molar-refractivity contribution is 7.89. The Balaban J connectivity index is 2.31. The highest BCUT2D eigenvalue weighted by Gasteiger charge is 2.27. The summed E-state index contributed by atoms with van der Waals surface area (Å²) in [7, 11) is 0.590. The molecule has 0 atom stereocenters. The maximum atomic E-state index is 13.4. The first-order valence-corrected chi connectivity index (χ1v) is 12.1. The Bertz CT molecular complexity index is 1060. The number of benzene rings is 2. The molecule has 0 bridgehead atoms. The van der Waals surface area contributed by atoms with Crippen molar-refractivity contribution in [3.63, 3.8) is 0 Å². The Morgan fingerprint density at radius 2 is 1.58 bits per heavy atom. The molecule has 1 amide bonds. The molecule has 2 aromatic rings. The van der Waals surface area contributed by atoms with E-state index in [9.17, 15) is 13.2 Å². The standard InChI is InChI=1S/C24H34N2O6S/c1-16(2)10-11-26(33(28,29)20-9-8-17(3)18(4)12-20)15-23(27)25-19-13-21(30-5)24(32-7)22(14-19)31-6/h8-9,12-14,16H,10-11,15H2,1-7H3,(H,25,27). The summed E-state index contributed by atoms with van der Waals surface area (Å²) in [5.41, 5.74) is 2.28. The van der Waals surface area contributed by atoms with Crippen molar-refractivity contribution in [1.82, 2.24) is 4.31 Å². The molecule has 0 spiro atoms. The largest absolute Gasteiger partial charge is 0.493 e. The third-order valence-corrected chi connectivity index (χ3v) is 7.18. The lowest BCUT2D eigenvalue weighted by Gasteiger charge is -2.23. The zero-order valence-electron chi connectivity index (χ0n) is 20.4. The highest BCUT2D eigenvalue weighted by atomic mass is 32.2. The fourth-order valence-corrected chi connectivity index (χ4v) is 4.72. The van der Waals surface area contributed by atoms with Crippen molar-refractivity contribution in [1.29, 1.82) is 0 Å². The van der Waals surface area contributed by atoms with Crippen LogP contribution in [0.1, 0.15) is 31.4 Å². The van der Waals surface area contributed by atoms with Crippen LogP contribution in [0, 0.1) is 19.8 Å². The Morgan fingerprint density at radius 1 is 0.970 bits per heavy atom. The van der Waals surface area contributed by atoms with Crippen LogP contribution >= 0.6 is 0 Å². The van der Waals surface area contributed by atoms with Crippen molar-refractivity contribution < 1.29 is 27.4 Å². The number of nitrogens with one attached hydrogen (secondary N) is 1. The predicted octanol–water partition coefficient (Wildman–Crippen LogP) is 4.00. The minimum absolute atomic E-state index is 0.176. The van der Waals surface area contributed by atoms with Gasteiger partial charge >= 0.3 is 0 Å². The van der Waals surface area contributed by atoms with E-state index in [2.05, 4.69) is 5.32 Å². The summed E-state index contributed by atoms with van der Waals surface area (Å²) < 4.78 is 43.9. The average molecular weight is 479 g/mol. The second-order valence-electron chi connectivity index (χ2n) is 8.23. The minimum Gasteiger partial charge on any atom is -0.493 e. The summed E-state index contributed by atoms with van der Waals surface area (Å²) in [5.74, 6) is 0.966. The number of carbonyl (C=O) groups is 1. The lowest BCUT2D eigenvalue weighted by Crippen LogP contribution is -2.39. The number of nitrogens with zero attached hydrogens (tertiary/aromatic N) is 1. The van der Waals surface area contributed by atoms with Crippen LogP contribution in [-0.4, -0.2) is 53.0 Å². The first-order chi connectivity index (χ1) is 15.5. The van der Waals surface area contributed by atoms with Crippen LogP contribution < -0.4 is 19.5 Å². The third-order valence-electron chi connectivity index (χ3n) is 5.34. The van der Waals surface area contributed by atoms with E-state index in [1.165, 1.54) is 25.6 Å². The summed E-state index contributed by atoms with van der Waals surface area (Å²) >= 11 is 0. The summed E-state index contributed by atoms with van der Waals surface area (Å²) in [6.45, 7) is 7.72. The summed E-state index contributed by atoms with van der Waals surface area (Å²) in [6.07, 6.45) is 0.627. The zero-order valence-corrected chi connectivity index (χ0v) is 21.2. The van der Waals surface area contributed by atoms with Gasteiger partial charge in [-0.2, -0.15) is 4.31 Å². The van der Waals surface area contributed by atoms with Gasteiger partial charge in [0.1, 0.15) is 0 Å². The molecule has 0 aliphatic carbocycles. The fraction of sp³-hybridized carbons (Fsp3) is 0.458. The average Bonchev–Trinajstić information content (AvgIpc) is 2.77. The van der Waals surface area contributed by atoms with E-state index in [0.29, 0.717) is 29.4 Å². The maximum absolute atomic E-state index is 13.4. The molecule has 0 unspecified atom stereocenters. The second kappa shape index (κ2) is 11.4. The number of anilines is 1. The van der Waals surface area contributed by atoms with E-state index in [1.54, 1.807) is 30.3 Å². The Morgan fingerprint density at radius 3 is 2.06 bits per heavy atom. The topological polar surface area (TPSA) is 94.2 Å². The highest BCUT2D eigenvalue weighted by Crippen LogP contribution is 2.39. The molecule has 9 heteroatoms. The molecular formula is C24H34N2O6S. The molecule has 0 aliphatic heterocycles. The number of hydrogen-bond acceptors (Lipinski definition) is 6. The second-order valence-corrected chi connectivity index (χ2v) is 10.2. The van der Waals surface area contributed by atoms with Crippen molar-refractivity contribution in [2.75, 3.05) is 39.7 Å². The molecule has 2 aromatic carbocycles. The fourth-order valence-electron chi connectivity index (χ4n) is 3.22. The van der Waals surface area contributed by atoms with Crippen molar-refractivity contribution in [2.24, 2.45) is 5.92 Å². The van der Waals surface area contributed by atoms with Gasteiger partial charge in [0.15, 0.2) is 11.5 Å². The van der Waals surface area contributed by atoms with Gasteiger partial charge in [-0.05, 0) is 49.4 Å². The first-order valence-electron chi connectivity index (χ1n) is 10.7. The molecule has 0 aliphatic rings. The quantitative estimate of drug-likeness (QED) is 0.525. The predicted molar refractivity (Wildman–Crippen MR) is 129 cm³/mol. The van der Waals surface area contributed by atoms with Crippen LogP contribution in [0.25, 0.3) is 0 Å². The van der Waals surface area contributed by atoms with Crippen molar-refractivity contribution in [3.05, 3.63) is 41.5 Å². The Hall–Kier alpha value is -2.78. The lowest BCUT2D eigenvalue weighted by molar-refractivity contribution is -0.116. The number of hydrogen-bond donors (Lipinski definition) is 1.